The summed E-state index contributed by atoms with van der Waals surface area (Å²) in [6, 6.07) is 24.8. The molecule has 0 saturated carbocycles. The van der Waals surface area contributed by atoms with E-state index in [-0.39, 0.29) is 0 Å². The number of rotatable bonds is 0. The normalized spacial score (nSPS) is 12.1. The molecular formula is C36H26N8. The number of aromatic amines is 2. The van der Waals surface area contributed by atoms with Crippen molar-refractivity contribution in [1.29, 1.82) is 0 Å². The number of fused-ring (bicyclic) bond motifs is 20. The molecule has 0 spiro atoms. The second-order valence-electron chi connectivity index (χ2n) is 11.6. The molecule has 0 saturated heterocycles. The SMILES string of the molecule is Cc1cccc2c1-c1nc-2nc2[nH]c(nc3nc(nc4[nH]c(n1)c1cccc(C)c41)-c1c(C)cccc1-3)c1c(C)cccc21. The number of aromatic nitrogens is 8. The van der Waals surface area contributed by atoms with Crippen LogP contribution in [0.1, 0.15) is 22.3 Å². The van der Waals surface area contributed by atoms with Crippen molar-refractivity contribution >= 4 is 44.1 Å². The van der Waals surface area contributed by atoms with Crippen LogP contribution in [0.15, 0.2) is 72.8 Å². The summed E-state index contributed by atoms with van der Waals surface area (Å²) in [7, 11) is 0. The van der Waals surface area contributed by atoms with E-state index >= 15 is 0 Å². The smallest absolute Gasteiger partial charge is 0.165 e. The first-order chi connectivity index (χ1) is 21.4. The van der Waals surface area contributed by atoms with E-state index in [1.165, 1.54) is 0 Å². The van der Waals surface area contributed by atoms with Gasteiger partial charge in [0.2, 0.25) is 0 Å². The predicted molar refractivity (Wildman–Crippen MR) is 175 cm³/mol. The summed E-state index contributed by atoms with van der Waals surface area (Å²) in [6.45, 7) is 8.36. The second-order valence-corrected chi connectivity index (χ2v) is 11.6. The van der Waals surface area contributed by atoms with Crippen molar-refractivity contribution in [2.45, 2.75) is 27.7 Å². The van der Waals surface area contributed by atoms with E-state index in [0.29, 0.717) is 45.9 Å². The Morgan fingerprint density at radius 2 is 0.773 bits per heavy atom. The molecule has 210 valence electrons. The van der Waals surface area contributed by atoms with E-state index in [2.05, 4.69) is 86.2 Å². The monoisotopic (exact) mass is 570 g/mol. The lowest BCUT2D eigenvalue weighted by molar-refractivity contribution is 1.19. The van der Waals surface area contributed by atoms with Crippen molar-refractivity contribution < 1.29 is 0 Å². The largest absolute Gasteiger partial charge is 0.324 e. The third kappa shape index (κ3) is 3.45. The molecule has 8 nitrogen and oxygen atoms in total. The molecule has 8 bridgehead atoms. The van der Waals surface area contributed by atoms with E-state index < -0.39 is 0 Å². The molecule has 3 aromatic heterocycles. The Balaban J connectivity index is 1.54. The van der Waals surface area contributed by atoms with Crippen LogP contribution in [0, 0.1) is 27.7 Å². The molecule has 0 fully saturated rings. The van der Waals surface area contributed by atoms with E-state index in [9.17, 15) is 0 Å². The van der Waals surface area contributed by atoms with Gasteiger partial charge in [-0.1, -0.05) is 72.8 Å². The predicted octanol–water partition coefficient (Wildman–Crippen LogP) is 8.10. The summed E-state index contributed by atoms with van der Waals surface area (Å²) < 4.78 is 0. The van der Waals surface area contributed by atoms with Crippen LogP contribution in [0.3, 0.4) is 0 Å². The quantitative estimate of drug-likeness (QED) is 0.191. The topological polar surface area (TPSA) is 109 Å². The summed E-state index contributed by atoms with van der Waals surface area (Å²) in [5.74, 6) is 2.46. The fraction of sp³-hybridized carbons (Fsp3) is 0.111. The highest BCUT2D eigenvalue weighted by atomic mass is 15.1. The molecule has 0 radical (unpaired) electrons. The average molecular weight is 571 g/mol. The van der Waals surface area contributed by atoms with Crippen molar-refractivity contribution in [3.63, 3.8) is 0 Å². The van der Waals surface area contributed by atoms with Gasteiger partial charge in [-0.15, -0.1) is 0 Å². The molecule has 4 aromatic carbocycles. The molecule has 0 atom stereocenters. The zero-order valence-electron chi connectivity index (χ0n) is 24.6. The van der Waals surface area contributed by atoms with Gasteiger partial charge in [0, 0.05) is 43.8 Å². The maximum Gasteiger partial charge on any atom is 0.165 e. The number of hydrogen-bond donors (Lipinski definition) is 2. The lowest BCUT2D eigenvalue weighted by Gasteiger charge is -2.02. The van der Waals surface area contributed by atoms with E-state index in [1.54, 1.807) is 0 Å². The summed E-state index contributed by atoms with van der Waals surface area (Å²) in [5, 5.41) is 3.96. The third-order valence-electron chi connectivity index (χ3n) is 8.77. The van der Waals surface area contributed by atoms with Crippen molar-refractivity contribution in [2.75, 3.05) is 0 Å². The van der Waals surface area contributed by atoms with Gasteiger partial charge in [-0.2, -0.15) is 0 Å². The number of hydrogen-bond acceptors (Lipinski definition) is 6. The summed E-state index contributed by atoms with van der Waals surface area (Å²) in [5.41, 5.74) is 11.0. The zero-order valence-corrected chi connectivity index (χ0v) is 24.6. The zero-order chi connectivity index (χ0) is 29.7. The fourth-order valence-corrected chi connectivity index (χ4v) is 6.68. The van der Waals surface area contributed by atoms with Crippen LogP contribution in [0.5, 0.6) is 0 Å². The molecule has 44 heavy (non-hydrogen) atoms. The van der Waals surface area contributed by atoms with Crippen molar-refractivity contribution in [3.05, 3.63) is 95.1 Å². The molecule has 9 rings (SSSR count). The molecule has 2 aliphatic rings. The maximum atomic E-state index is 5.17. The van der Waals surface area contributed by atoms with Crippen LogP contribution >= 0.6 is 0 Å². The van der Waals surface area contributed by atoms with Crippen molar-refractivity contribution in [2.24, 2.45) is 0 Å². The standard InChI is InChI=1S/C36H26N8/c1-17-9-5-13-21-25(17)33-38-29(21)37-30-22-14-6-10-18(2)26(22)34(39-30)41-32-24-16-8-12-20(4)28(24)36(43-32)44-35-27-19(3)11-7-15-23(27)31(40-33)42-35/h5-16H,1-4H3,(H2,37,38,39,40,41,42,43,44). The third-order valence-corrected chi connectivity index (χ3v) is 8.77. The van der Waals surface area contributed by atoms with E-state index in [0.717, 1.165) is 66.1 Å². The Labute approximate surface area is 252 Å². The Hall–Kier alpha value is -5.76. The molecule has 8 heteroatoms. The summed E-state index contributed by atoms with van der Waals surface area (Å²) in [4.78, 5) is 37.7. The molecule has 0 unspecified atom stereocenters. The number of nitrogens with one attached hydrogen (secondary N) is 2. The van der Waals surface area contributed by atoms with Gasteiger partial charge >= 0.3 is 0 Å². The minimum Gasteiger partial charge on any atom is -0.324 e. The molecule has 2 aliphatic heterocycles. The van der Waals surface area contributed by atoms with Crippen molar-refractivity contribution in [3.8, 4) is 45.6 Å². The lowest BCUT2D eigenvalue weighted by atomic mass is 10.0. The van der Waals surface area contributed by atoms with Crippen LogP contribution in [-0.2, 0) is 0 Å². The molecule has 2 N–H and O–H groups in total. The molecule has 0 amide bonds. The molecular weight excluding hydrogens is 544 g/mol. The highest BCUT2D eigenvalue weighted by molar-refractivity contribution is 6.08. The van der Waals surface area contributed by atoms with Crippen LogP contribution in [0.4, 0.5) is 0 Å². The molecule has 5 heterocycles. The van der Waals surface area contributed by atoms with Gasteiger partial charge in [0.1, 0.15) is 22.6 Å². The first kappa shape index (κ1) is 24.8. The van der Waals surface area contributed by atoms with E-state index in [4.69, 9.17) is 29.9 Å². The number of benzene rings is 4. The lowest BCUT2D eigenvalue weighted by Crippen LogP contribution is -1.86. The number of H-pyrrole nitrogens is 2. The van der Waals surface area contributed by atoms with Gasteiger partial charge in [0.05, 0.1) is 0 Å². The van der Waals surface area contributed by atoms with Crippen LogP contribution < -0.4 is 0 Å². The van der Waals surface area contributed by atoms with Gasteiger partial charge in [-0.25, -0.2) is 29.9 Å². The Morgan fingerprint density at radius 3 is 1.27 bits per heavy atom. The number of nitrogens with zero attached hydrogens (tertiary/aromatic N) is 6. The van der Waals surface area contributed by atoms with Gasteiger partial charge < -0.3 is 9.97 Å². The first-order valence-corrected chi connectivity index (χ1v) is 14.7. The van der Waals surface area contributed by atoms with Gasteiger partial charge in [0.15, 0.2) is 23.3 Å². The minimum absolute atomic E-state index is 0.609. The van der Waals surface area contributed by atoms with Crippen LogP contribution in [-0.4, -0.2) is 39.9 Å². The Bertz CT molecular complexity index is 2560. The summed E-state index contributed by atoms with van der Waals surface area (Å²) >= 11 is 0. The highest BCUT2D eigenvalue weighted by Gasteiger charge is 2.24. The van der Waals surface area contributed by atoms with Gasteiger partial charge in [-0.05, 0) is 49.9 Å². The fourth-order valence-electron chi connectivity index (χ4n) is 6.68. The average Bonchev–Trinajstić information content (AvgIpc) is 3.74. The number of aryl methyl sites for hydroxylation is 4. The first-order valence-electron chi connectivity index (χ1n) is 14.7. The van der Waals surface area contributed by atoms with Gasteiger partial charge in [-0.3, -0.25) is 0 Å². The summed E-state index contributed by atoms with van der Waals surface area (Å²) in [6.07, 6.45) is 0. The maximum absolute atomic E-state index is 5.17. The Kier molecular flexibility index (Phi) is 5.00. The molecule has 0 aliphatic carbocycles. The van der Waals surface area contributed by atoms with Crippen LogP contribution in [0.2, 0.25) is 0 Å². The highest BCUT2D eigenvalue weighted by Crippen LogP contribution is 2.39. The van der Waals surface area contributed by atoms with Crippen LogP contribution in [0.25, 0.3) is 89.7 Å². The van der Waals surface area contributed by atoms with Crippen molar-refractivity contribution in [1.82, 2.24) is 39.9 Å². The van der Waals surface area contributed by atoms with Gasteiger partial charge in [0.25, 0.3) is 0 Å². The second kappa shape index (κ2) is 8.87. The van der Waals surface area contributed by atoms with E-state index in [1.807, 2.05) is 24.3 Å². The molecule has 7 aromatic rings. The Morgan fingerprint density at radius 1 is 0.386 bits per heavy atom. The minimum atomic E-state index is 0.609.